The second kappa shape index (κ2) is 10.9. The number of carbonyl (C=O) groups excluding carboxylic acids is 2. The van der Waals surface area contributed by atoms with Gasteiger partial charge in [0, 0.05) is 39.3 Å². The van der Waals surface area contributed by atoms with Gasteiger partial charge >= 0.3 is 0 Å². The Kier molecular flexibility index (Phi) is 7.69. The normalized spacial score (nSPS) is 14.7. The van der Waals surface area contributed by atoms with Crippen LogP contribution < -0.4 is 0 Å². The van der Waals surface area contributed by atoms with Gasteiger partial charge in [-0.1, -0.05) is 6.07 Å². The predicted octanol–water partition coefficient (Wildman–Crippen LogP) is 3.15. The molecule has 1 fully saturated rings. The number of thiophene rings is 1. The first kappa shape index (κ1) is 24.0. The number of amides is 2. The lowest BCUT2D eigenvalue weighted by atomic mass is 10.3. The maximum absolute atomic E-state index is 13.5. The van der Waals surface area contributed by atoms with Crippen molar-refractivity contribution in [3.63, 3.8) is 0 Å². The molecule has 3 aromatic rings. The Balaban J connectivity index is 1.51. The molecule has 1 aromatic carbocycles. The lowest BCUT2D eigenvalue weighted by Gasteiger charge is -2.25. The summed E-state index contributed by atoms with van der Waals surface area (Å²) in [6.45, 7) is 8.18. The van der Waals surface area contributed by atoms with E-state index in [1.165, 1.54) is 23.5 Å². The minimum atomic E-state index is -0.341. The fourth-order valence-electron chi connectivity index (χ4n) is 4.07. The zero-order chi connectivity index (χ0) is 24.1. The van der Waals surface area contributed by atoms with Crippen LogP contribution in [0.1, 0.15) is 30.9 Å². The van der Waals surface area contributed by atoms with Gasteiger partial charge in [0.05, 0.1) is 17.1 Å². The predicted molar refractivity (Wildman–Crippen MR) is 130 cm³/mol. The summed E-state index contributed by atoms with van der Waals surface area (Å²) >= 11 is 1.50. The van der Waals surface area contributed by atoms with Crippen LogP contribution in [0.5, 0.6) is 0 Å². The van der Waals surface area contributed by atoms with Gasteiger partial charge in [0.1, 0.15) is 5.82 Å². The Morgan fingerprint density at radius 2 is 1.82 bits per heavy atom. The molecule has 1 aliphatic heterocycles. The van der Waals surface area contributed by atoms with Gasteiger partial charge in [-0.2, -0.15) is 0 Å². The number of benzene rings is 1. The molecule has 0 radical (unpaired) electrons. The maximum atomic E-state index is 13.5. The van der Waals surface area contributed by atoms with Crippen molar-refractivity contribution >= 4 is 23.2 Å². The van der Waals surface area contributed by atoms with Gasteiger partial charge in [-0.05, 0) is 56.0 Å². The van der Waals surface area contributed by atoms with Gasteiger partial charge in [-0.15, -0.1) is 16.4 Å². The maximum Gasteiger partial charge on any atom is 0.293 e. The number of nitrogens with zero attached hydrogens (tertiary/aromatic N) is 6. The minimum Gasteiger partial charge on any atom is -0.342 e. The number of hydrogen-bond donors (Lipinski definition) is 0. The highest BCUT2D eigenvalue weighted by atomic mass is 32.1. The molecule has 1 saturated heterocycles. The van der Waals surface area contributed by atoms with E-state index in [1.807, 2.05) is 36.3 Å². The fourth-order valence-corrected chi connectivity index (χ4v) is 4.77. The van der Waals surface area contributed by atoms with E-state index < -0.39 is 0 Å². The topological polar surface area (TPSA) is 74.6 Å². The molecule has 1 aliphatic rings. The molecule has 0 atom stereocenters. The van der Waals surface area contributed by atoms with E-state index in [2.05, 4.69) is 15.0 Å². The van der Waals surface area contributed by atoms with E-state index in [1.54, 1.807) is 21.7 Å². The van der Waals surface area contributed by atoms with Crippen molar-refractivity contribution in [2.45, 2.75) is 20.3 Å². The zero-order valence-electron chi connectivity index (χ0n) is 19.5. The summed E-state index contributed by atoms with van der Waals surface area (Å²) in [5.41, 5.74) is 0.633. The van der Waals surface area contributed by atoms with Crippen LogP contribution in [0.3, 0.4) is 0 Å². The molecule has 0 aliphatic carbocycles. The molecule has 3 heterocycles. The van der Waals surface area contributed by atoms with E-state index in [0.29, 0.717) is 50.8 Å². The average Bonchev–Trinajstić information content (AvgIpc) is 3.47. The summed E-state index contributed by atoms with van der Waals surface area (Å²) in [4.78, 5) is 37.0. The Hall–Kier alpha value is -3.11. The monoisotopic (exact) mass is 484 g/mol. The largest absolute Gasteiger partial charge is 0.342 e. The summed E-state index contributed by atoms with van der Waals surface area (Å²) < 4.78 is 15.0. The van der Waals surface area contributed by atoms with Crippen LogP contribution in [-0.4, -0.2) is 87.1 Å². The second-order valence-corrected chi connectivity index (χ2v) is 9.06. The smallest absolute Gasteiger partial charge is 0.293 e. The minimum absolute atomic E-state index is 0.111. The van der Waals surface area contributed by atoms with Crippen LogP contribution in [0, 0.1) is 5.82 Å². The van der Waals surface area contributed by atoms with E-state index in [0.717, 1.165) is 17.8 Å². The third-order valence-electron chi connectivity index (χ3n) is 5.96. The van der Waals surface area contributed by atoms with Crippen LogP contribution in [-0.2, 0) is 4.79 Å². The number of aromatic nitrogens is 3. The van der Waals surface area contributed by atoms with Gasteiger partial charge in [-0.3, -0.25) is 14.5 Å². The first-order chi connectivity index (χ1) is 16.5. The third-order valence-corrected chi connectivity index (χ3v) is 6.83. The molecular weight excluding hydrogens is 455 g/mol. The molecule has 180 valence electrons. The van der Waals surface area contributed by atoms with Gasteiger partial charge in [-0.25, -0.2) is 14.1 Å². The highest BCUT2D eigenvalue weighted by Gasteiger charge is 2.26. The number of rotatable bonds is 7. The van der Waals surface area contributed by atoms with E-state index >= 15 is 0 Å². The van der Waals surface area contributed by atoms with Crippen molar-refractivity contribution in [3.05, 3.63) is 53.4 Å². The molecule has 10 heteroatoms. The zero-order valence-corrected chi connectivity index (χ0v) is 20.3. The average molecular weight is 485 g/mol. The first-order valence-electron chi connectivity index (χ1n) is 11.6. The van der Waals surface area contributed by atoms with Gasteiger partial charge in [0.2, 0.25) is 11.7 Å². The van der Waals surface area contributed by atoms with Crippen LogP contribution >= 0.6 is 11.3 Å². The van der Waals surface area contributed by atoms with Gasteiger partial charge < -0.3 is 9.80 Å². The number of likely N-dealkylation sites (N-methyl/N-ethyl adjacent to an activating group) is 1. The van der Waals surface area contributed by atoms with E-state index in [9.17, 15) is 14.0 Å². The Morgan fingerprint density at radius 3 is 2.50 bits per heavy atom. The van der Waals surface area contributed by atoms with Crippen molar-refractivity contribution in [1.82, 2.24) is 29.5 Å². The molecule has 8 nitrogen and oxygen atoms in total. The van der Waals surface area contributed by atoms with Crippen molar-refractivity contribution in [1.29, 1.82) is 0 Å². The molecule has 0 bridgehead atoms. The first-order valence-corrected chi connectivity index (χ1v) is 12.4. The number of hydrogen-bond acceptors (Lipinski definition) is 6. The molecule has 0 saturated carbocycles. The Morgan fingerprint density at radius 1 is 1.06 bits per heavy atom. The van der Waals surface area contributed by atoms with E-state index in [4.69, 9.17) is 0 Å². The van der Waals surface area contributed by atoms with Crippen LogP contribution in [0.2, 0.25) is 0 Å². The highest BCUT2D eigenvalue weighted by molar-refractivity contribution is 7.13. The Labute approximate surface area is 202 Å². The second-order valence-electron chi connectivity index (χ2n) is 8.11. The summed E-state index contributed by atoms with van der Waals surface area (Å²) in [5, 5.41) is 6.44. The quantitative estimate of drug-likeness (QED) is 0.515. The lowest BCUT2D eigenvalue weighted by molar-refractivity contribution is -0.132. The summed E-state index contributed by atoms with van der Waals surface area (Å²) in [6, 6.07) is 9.78. The van der Waals surface area contributed by atoms with Gasteiger partial charge in [0.25, 0.3) is 5.91 Å². The molecule has 34 heavy (non-hydrogen) atoms. The molecule has 0 spiro atoms. The lowest BCUT2D eigenvalue weighted by Crippen LogP contribution is -2.42. The van der Waals surface area contributed by atoms with Gasteiger partial charge in [0.15, 0.2) is 5.82 Å². The van der Waals surface area contributed by atoms with Crippen LogP contribution in [0.15, 0.2) is 41.8 Å². The van der Waals surface area contributed by atoms with Crippen molar-refractivity contribution in [2.75, 3.05) is 45.8 Å². The summed E-state index contributed by atoms with van der Waals surface area (Å²) in [5.74, 6) is 0.193. The van der Waals surface area contributed by atoms with Crippen molar-refractivity contribution in [2.24, 2.45) is 0 Å². The van der Waals surface area contributed by atoms with Crippen molar-refractivity contribution in [3.8, 4) is 16.4 Å². The molecule has 2 amide bonds. The third kappa shape index (κ3) is 5.34. The fraction of sp³-hybridized carbons (Fsp3) is 0.417. The van der Waals surface area contributed by atoms with Crippen LogP contribution in [0.4, 0.5) is 4.39 Å². The molecule has 4 rings (SSSR count). The molecule has 0 N–H and O–H groups in total. The SMILES string of the molecule is CCN(CC)C(=O)CN1CCCN(C(=O)c2nc(-c3cccs3)n(-c3ccc(F)cc3)n2)CC1. The number of halogens is 1. The summed E-state index contributed by atoms with van der Waals surface area (Å²) in [6.07, 6.45) is 0.772. The number of carbonyl (C=O) groups is 2. The molecule has 0 unspecified atom stereocenters. The Bertz CT molecular complexity index is 1110. The standard InChI is InChI=1S/C24H29FN6O2S/c1-3-29(4-2)21(32)17-28-12-6-13-30(15-14-28)24(33)22-26-23(20-7-5-16-34-20)31(27-22)19-10-8-18(25)9-11-19/h5,7-11,16H,3-4,6,12-15,17H2,1-2H3. The molecular formula is C24H29FN6O2S. The van der Waals surface area contributed by atoms with Crippen molar-refractivity contribution < 1.29 is 14.0 Å². The van der Waals surface area contributed by atoms with E-state index in [-0.39, 0.29) is 23.5 Å². The summed E-state index contributed by atoms with van der Waals surface area (Å²) in [7, 11) is 0. The van der Waals surface area contributed by atoms with Crippen LogP contribution in [0.25, 0.3) is 16.4 Å². The highest BCUT2D eigenvalue weighted by Crippen LogP contribution is 2.26. The molecule has 2 aromatic heterocycles.